The Bertz CT molecular complexity index is 384. The highest BCUT2D eigenvalue weighted by atomic mass is 35.5. The van der Waals surface area contributed by atoms with Crippen LogP contribution in [0.25, 0.3) is 0 Å². The Morgan fingerprint density at radius 2 is 2.12 bits per heavy atom. The molecule has 0 atom stereocenters. The maximum Gasteiger partial charge on any atom is 0.272 e. The zero-order valence-electron chi connectivity index (χ0n) is 9.03. The van der Waals surface area contributed by atoms with Gasteiger partial charge in [0.25, 0.3) is 5.91 Å². The number of halogens is 1. The van der Waals surface area contributed by atoms with Gasteiger partial charge >= 0.3 is 0 Å². The molecule has 1 fully saturated rings. The first-order valence-electron chi connectivity index (χ1n) is 5.18. The van der Waals surface area contributed by atoms with E-state index in [2.05, 4.69) is 15.3 Å². The molecule has 1 aromatic heterocycles. The minimum Gasteiger partial charge on any atom is -0.335 e. The predicted molar refractivity (Wildman–Crippen MR) is 60.6 cm³/mol. The largest absolute Gasteiger partial charge is 0.335 e. The van der Waals surface area contributed by atoms with E-state index in [0.29, 0.717) is 29.8 Å². The van der Waals surface area contributed by atoms with Crippen LogP contribution < -0.4 is 5.32 Å². The van der Waals surface area contributed by atoms with E-state index in [4.69, 9.17) is 11.6 Å². The van der Waals surface area contributed by atoms with Gasteiger partial charge in [-0.1, -0.05) is 11.6 Å². The lowest BCUT2D eigenvalue weighted by Crippen LogP contribution is -2.46. The highest BCUT2D eigenvalue weighted by Crippen LogP contribution is 2.09. The van der Waals surface area contributed by atoms with Crippen molar-refractivity contribution in [1.29, 1.82) is 0 Å². The molecule has 1 N–H and O–H groups in total. The van der Waals surface area contributed by atoms with Crippen molar-refractivity contribution in [3.63, 3.8) is 0 Å². The Hall–Kier alpha value is -1.20. The fraction of sp³-hybridized carbons (Fsp3) is 0.500. The third kappa shape index (κ3) is 2.48. The highest BCUT2D eigenvalue weighted by Gasteiger charge is 2.19. The number of carbonyl (C=O) groups is 1. The molecule has 1 aliphatic heterocycles. The minimum atomic E-state index is -0.0751. The highest BCUT2D eigenvalue weighted by molar-refractivity contribution is 6.29. The summed E-state index contributed by atoms with van der Waals surface area (Å²) in [6, 6.07) is 1.51. The molecule has 0 aromatic carbocycles. The lowest BCUT2D eigenvalue weighted by atomic mass is 10.3. The van der Waals surface area contributed by atoms with E-state index in [1.165, 1.54) is 6.07 Å². The molecule has 0 spiro atoms. The molecule has 1 aromatic rings. The number of aromatic nitrogens is 2. The van der Waals surface area contributed by atoms with Crippen molar-refractivity contribution < 1.29 is 4.79 Å². The van der Waals surface area contributed by atoms with Gasteiger partial charge in [0.1, 0.15) is 16.7 Å². The van der Waals surface area contributed by atoms with E-state index in [-0.39, 0.29) is 5.91 Å². The monoisotopic (exact) mass is 240 g/mol. The molecule has 86 valence electrons. The van der Waals surface area contributed by atoms with E-state index in [0.717, 1.165) is 13.1 Å². The van der Waals surface area contributed by atoms with E-state index in [9.17, 15) is 4.79 Å². The summed E-state index contributed by atoms with van der Waals surface area (Å²) in [4.78, 5) is 21.9. The van der Waals surface area contributed by atoms with E-state index in [1.807, 2.05) is 0 Å². The molecule has 0 saturated carbocycles. The lowest BCUT2D eigenvalue weighted by Gasteiger charge is -2.27. The van der Waals surface area contributed by atoms with Crippen LogP contribution in [0.15, 0.2) is 6.07 Å². The summed E-state index contributed by atoms with van der Waals surface area (Å²) in [6.07, 6.45) is 0. The third-order valence-electron chi connectivity index (χ3n) is 2.43. The van der Waals surface area contributed by atoms with Gasteiger partial charge in [0.05, 0.1) is 0 Å². The molecule has 0 aliphatic carbocycles. The molecule has 1 amide bonds. The van der Waals surface area contributed by atoms with Gasteiger partial charge in [-0.15, -0.1) is 0 Å². The summed E-state index contributed by atoms with van der Waals surface area (Å²) < 4.78 is 0. The normalized spacial score (nSPS) is 16.2. The molecule has 0 radical (unpaired) electrons. The fourth-order valence-electron chi connectivity index (χ4n) is 1.67. The van der Waals surface area contributed by atoms with Crippen molar-refractivity contribution >= 4 is 17.5 Å². The van der Waals surface area contributed by atoms with Crippen molar-refractivity contribution in [1.82, 2.24) is 20.2 Å². The van der Waals surface area contributed by atoms with Crippen LogP contribution in [0.2, 0.25) is 5.15 Å². The maximum atomic E-state index is 12.1. The van der Waals surface area contributed by atoms with Crippen LogP contribution in [0.3, 0.4) is 0 Å². The van der Waals surface area contributed by atoms with Crippen LogP contribution in [-0.4, -0.2) is 47.0 Å². The Kier molecular flexibility index (Phi) is 3.36. The molecule has 5 nitrogen and oxygen atoms in total. The van der Waals surface area contributed by atoms with Crippen molar-refractivity contribution in [3.8, 4) is 0 Å². The molecule has 0 bridgehead atoms. The number of carbonyl (C=O) groups excluding carboxylic acids is 1. The molecule has 2 rings (SSSR count). The van der Waals surface area contributed by atoms with Gasteiger partial charge in [0, 0.05) is 32.2 Å². The van der Waals surface area contributed by atoms with Crippen LogP contribution in [0, 0.1) is 6.92 Å². The average Bonchev–Trinajstić information content (AvgIpc) is 2.28. The number of nitrogens with one attached hydrogen (secondary N) is 1. The summed E-state index contributed by atoms with van der Waals surface area (Å²) in [7, 11) is 0. The van der Waals surface area contributed by atoms with Crippen LogP contribution in [-0.2, 0) is 0 Å². The Morgan fingerprint density at radius 3 is 2.75 bits per heavy atom. The van der Waals surface area contributed by atoms with Gasteiger partial charge in [-0.05, 0) is 6.92 Å². The fourth-order valence-corrected chi connectivity index (χ4v) is 1.90. The Balaban J connectivity index is 2.19. The topological polar surface area (TPSA) is 58.1 Å². The van der Waals surface area contributed by atoms with Crippen molar-refractivity contribution in [2.45, 2.75) is 6.92 Å². The first-order chi connectivity index (χ1) is 7.66. The van der Waals surface area contributed by atoms with E-state index < -0.39 is 0 Å². The first-order valence-corrected chi connectivity index (χ1v) is 5.56. The summed E-state index contributed by atoms with van der Waals surface area (Å²) in [5, 5.41) is 3.50. The molecule has 0 unspecified atom stereocenters. The SMILES string of the molecule is Cc1nc(Cl)cc(C(=O)N2CCNCC2)n1. The quantitative estimate of drug-likeness (QED) is 0.726. The molecule has 2 heterocycles. The predicted octanol–water partition coefficient (Wildman–Crippen LogP) is 0.484. The van der Waals surface area contributed by atoms with Crippen LogP contribution in [0.4, 0.5) is 0 Å². The minimum absolute atomic E-state index is 0.0751. The second-order valence-corrected chi connectivity index (χ2v) is 4.05. The number of piperazine rings is 1. The molecule has 16 heavy (non-hydrogen) atoms. The smallest absolute Gasteiger partial charge is 0.272 e. The zero-order chi connectivity index (χ0) is 11.5. The molecule has 1 aliphatic rings. The van der Waals surface area contributed by atoms with E-state index >= 15 is 0 Å². The van der Waals surface area contributed by atoms with Crippen molar-refractivity contribution in [3.05, 3.63) is 22.7 Å². The number of nitrogens with zero attached hydrogens (tertiary/aromatic N) is 3. The molecule has 6 heteroatoms. The van der Waals surface area contributed by atoms with Crippen LogP contribution >= 0.6 is 11.6 Å². The standard InChI is InChI=1S/C10H13ClN4O/c1-7-13-8(6-9(11)14-7)10(16)15-4-2-12-3-5-15/h6,12H,2-5H2,1H3. The van der Waals surface area contributed by atoms with Crippen LogP contribution in [0.1, 0.15) is 16.3 Å². The van der Waals surface area contributed by atoms with Gasteiger partial charge < -0.3 is 10.2 Å². The van der Waals surface area contributed by atoms with Gasteiger partial charge in [-0.25, -0.2) is 9.97 Å². The third-order valence-corrected chi connectivity index (χ3v) is 2.62. The van der Waals surface area contributed by atoms with Gasteiger partial charge in [0.2, 0.25) is 0 Å². The number of rotatable bonds is 1. The lowest BCUT2D eigenvalue weighted by molar-refractivity contribution is 0.0729. The van der Waals surface area contributed by atoms with Crippen molar-refractivity contribution in [2.75, 3.05) is 26.2 Å². The molecular formula is C10H13ClN4O. The summed E-state index contributed by atoms with van der Waals surface area (Å²) in [6.45, 7) is 4.78. The number of hydrogen-bond acceptors (Lipinski definition) is 4. The number of aryl methyl sites for hydroxylation is 1. The second-order valence-electron chi connectivity index (χ2n) is 3.67. The Labute approximate surface area is 98.8 Å². The summed E-state index contributed by atoms with van der Waals surface area (Å²) >= 11 is 5.80. The van der Waals surface area contributed by atoms with Gasteiger partial charge in [-0.3, -0.25) is 4.79 Å². The number of hydrogen-bond donors (Lipinski definition) is 1. The average molecular weight is 241 g/mol. The zero-order valence-corrected chi connectivity index (χ0v) is 9.79. The van der Waals surface area contributed by atoms with Crippen LogP contribution in [0.5, 0.6) is 0 Å². The second kappa shape index (κ2) is 4.76. The van der Waals surface area contributed by atoms with Gasteiger partial charge in [-0.2, -0.15) is 0 Å². The summed E-state index contributed by atoms with van der Waals surface area (Å²) in [5.74, 6) is 0.444. The first kappa shape index (κ1) is 11.3. The van der Waals surface area contributed by atoms with E-state index in [1.54, 1.807) is 11.8 Å². The molecular weight excluding hydrogens is 228 g/mol. The maximum absolute atomic E-state index is 12.1. The molecule has 1 saturated heterocycles. The van der Waals surface area contributed by atoms with Gasteiger partial charge in [0.15, 0.2) is 0 Å². The summed E-state index contributed by atoms with van der Waals surface area (Å²) in [5.41, 5.74) is 0.374. The van der Waals surface area contributed by atoms with Crippen molar-refractivity contribution in [2.24, 2.45) is 0 Å². The Morgan fingerprint density at radius 1 is 1.44 bits per heavy atom. The number of amides is 1.